The lowest BCUT2D eigenvalue weighted by Crippen LogP contribution is -2.33. The molecule has 0 saturated heterocycles. The SMILES string of the molecule is CCc1cc2c(=O)n(NC(=O)c3cncc(Br)c3)cnc2s1. The topological polar surface area (TPSA) is 76.9 Å². The Bertz CT molecular complexity index is 919. The number of rotatable bonds is 3. The van der Waals surface area contributed by atoms with Crippen LogP contribution in [-0.4, -0.2) is 20.6 Å². The maximum absolute atomic E-state index is 12.4. The van der Waals surface area contributed by atoms with Gasteiger partial charge in [-0.25, -0.2) is 9.66 Å². The van der Waals surface area contributed by atoms with Crippen LogP contribution >= 0.6 is 27.3 Å². The highest BCUT2D eigenvalue weighted by Gasteiger charge is 2.11. The van der Waals surface area contributed by atoms with Crippen LogP contribution in [0.4, 0.5) is 0 Å². The zero-order chi connectivity index (χ0) is 15.7. The Kier molecular flexibility index (Phi) is 4.04. The van der Waals surface area contributed by atoms with Crippen molar-refractivity contribution in [3.05, 3.63) is 56.1 Å². The lowest BCUT2D eigenvalue weighted by atomic mass is 10.3. The molecule has 1 N–H and O–H groups in total. The van der Waals surface area contributed by atoms with Crippen LogP contribution in [0, 0.1) is 0 Å². The number of hydrogen-bond acceptors (Lipinski definition) is 5. The average Bonchev–Trinajstić information content (AvgIpc) is 2.94. The molecule has 0 radical (unpaired) electrons. The second-order valence-electron chi connectivity index (χ2n) is 4.54. The second-order valence-corrected chi connectivity index (χ2v) is 6.57. The van der Waals surface area contributed by atoms with Gasteiger partial charge in [0.2, 0.25) is 0 Å². The van der Waals surface area contributed by atoms with Gasteiger partial charge in [0, 0.05) is 21.7 Å². The summed E-state index contributed by atoms with van der Waals surface area (Å²) in [6.07, 6.45) is 5.17. The van der Waals surface area contributed by atoms with Crippen molar-refractivity contribution in [2.75, 3.05) is 5.43 Å². The summed E-state index contributed by atoms with van der Waals surface area (Å²) in [5, 5.41) is 0.511. The monoisotopic (exact) mass is 378 g/mol. The van der Waals surface area contributed by atoms with E-state index in [0.717, 1.165) is 16.0 Å². The first-order chi connectivity index (χ1) is 10.6. The molecule has 0 bridgehead atoms. The van der Waals surface area contributed by atoms with Gasteiger partial charge in [0.25, 0.3) is 11.5 Å². The molecule has 0 fully saturated rings. The average molecular weight is 379 g/mol. The summed E-state index contributed by atoms with van der Waals surface area (Å²) in [6, 6.07) is 3.44. The summed E-state index contributed by atoms with van der Waals surface area (Å²) in [7, 11) is 0. The van der Waals surface area contributed by atoms with Crippen LogP contribution in [0.15, 0.2) is 40.1 Å². The third-order valence-corrected chi connectivity index (χ3v) is 4.66. The van der Waals surface area contributed by atoms with E-state index in [1.807, 2.05) is 13.0 Å². The number of aromatic nitrogens is 3. The minimum absolute atomic E-state index is 0.294. The van der Waals surface area contributed by atoms with Gasteiger partial charge in [-0.1, -0.05) is 6.92 Å². The summed E-state index contributed by atoms with van der Waals surface area (Å²) in [5.74, 6) is -0.428. The zero-order valence-corrected chi connectivity index (χ0v) is 13.9. The maximum atomic E-state index is 12.4. The number of aryl methyl sites for hydroxylation is 1. The Balaban J connectivity index is 1.95. The quantitative estimate of drug-likeness (QED) is 0.759. The van der Waals surface area contributed by atoms with Crippen molar-refractivity contribution in [2.45, 2.75) is 13.3 Å². The number of nitrogens with zero attached hydrogens (tertiary/aromatic N) is 3. The first kappa shape index (κ1) is 14.9. The van der Waals surface area contributed by atoms with E-state index in [0.29, 0.717) is 20.3 Å². The largest absolute Gasteiger partial charge is 0.280 e. The Hall–Kier alpha value is -2.06. The predicted octanol–water partition coefficient (Wildman–Crippen LogP) is 2.56. The number of halogens is 1. The smallest absolute Gasteiger partial charge is 0.267 e. The fourth-order valence-electron chi connectivity index (χ4n) is 1.94. The third-order valence-electron chi connectivity index (χ3n) is 3.04. The molecule has 0 aliphatic heterocycles. The number of carbonyl (C=O) groups excluding carboxylic acids is 1. The van der Waals surface area contributed by atoms with Crippen LogP contribution < -0.4 is 11.0 Å². The van der Waals surface area contributed by atoms with Crippen LogP contribution in [0.1, 0.15) is 22.2 Å². The van der Waals surface area contributed by atoms with Gasteiger partial charge in [0.1, 0.15) is 11.2 Å². The van der Waals surface area contributed by atoms with Gasteiger partial charge < -0.3 is 0 Å². The lowest BCUT2D eigenvalue weighted by molar-refractivity contribution is 0.101. The molecule has 3 rings (SSSR count). The third kappa shape index (κ3) is 2.79. The predicted molar refractivity (Wildman–Crippen MR) is 88.9 cm³/mol. The second kappa shape index (κ2) is 5.98. The first-order valence-electron chi connectivity index (χ1n) is 6.50. The Morgan fingerprint density at radius 2 is 2.23 bits per heavy atom. The summed E-state index contributed by atoms with van der Waals surface area (Å²) in [4.78, 5) is 34.4. The van der Waals surface area contributed by atoms with Crippen LogP contribution in [0.2, 0.25) is 0 Å². The van der Waals surface area contributed by atoms with Gasteiger partial charge in [-0.15, -0.1) is 11.3 Å². The molecule has 6 nitrogen and oxygen atoms in total. The molecule has 0 aliphatic rings. The van der Waals surface area contributed by atoms with E-state index in [4.69, 9.17) is 0 Å². The van der Waals surface area contributed by atoms with Crippen LogP contribution in [0.3, 0.4) is 0 Å². The molecule has 0 unspecified atom stereocenters. The summed E-state index contributed by atoms with van der Waals surface area (Å²) in [5.41, 5.74) is 2.57. The van der Waals surface area contributed by atoms with E-state index in [9.17, 15) is 9.59 Å². The number of thiophene rings is 1. The first-order valence-corrected chi connectivity index (χ1v) is 8.11. The van der Waals surface area contributed by atoms with Gasteiger partial charge in [-0.05, 0) is 34.5 Å². The van der Waals surface area contributed by atoms with E-state index in [1.165, 1.54) is 23.9 Å². The van der Waals surface area contributed by atoms with Crippen molar-refractivity contribution < 1.29 is 4.79 Å². The standard InChI is InChI=1S/C14H11BrN4O2S/c1-2-10-4-11-13(22-10)17-7-19(14(11)21)18-12(20)8-3-9(15)6-16-5-8/h3-7H,2H2,1H3,(H,18,20). The molecular weight excluding hydrogens is 368 g/mol. The van der Waals surface area contributed by atoms with Crippen LogP contribution in [-0.2, 0) is 6.42 Å². The van der Waals surface area contributed by atoms with E-state index >= 15 is 0 Å². The molecule has 1 amide bonds. The molecule has 3 aromatic rings. The molecule has 3 aromatic heterocycles. The van der Waals surface area contributed by atoms with Gasteiger partial charge in [-0.3, -0.25) is 20.0 Å². The zero-order valence-electron chi connectivity index (χ0n) is 11.5. The lowest BCUT2D eigenvalue weighted by Gasteiger charge is -2.07. The molecule has 22 heavy (non-hydrogen) atoms. The normalized spacial score (nSPS) is 10.8. The van der Waals surface area contributed by atoms with Gasteiger partial charge >= 0.3 is 0 Å². The van der Waals surface area contributed by atoms with E-state index in [2.05, 4.69) is 31.3 Å². The summed E-state index contributed by atoms with van der Waals surface area (Å²) < 4.78 is 1.78. The number of nitrogens with one attached hydrogen (secondary N) is 1. The fourth-order valence-corrected chi connectivity index (χ4v) is 3.23. The van der Waals surface area contributed by atoms with Crippen molar-refractivity contribution in [1.82, 2.24) is 14.6 Å². The van der Waals surface area contributed by atoms with Crippen molar-refractivity contribution in [3.63, 3.8) is 0 Å². The highest BCUT2D eigenvalue weighted by atomic mass is 79.9. The van der Waals surface area contributed by atoms with Gasteiger partial charge in [0.15, 0.2) is 0 Å². The number of amides is 1. The molecule has 8 heteroatoms. The van der Waals surface area contributed by atoms with E-state index < -0.39 is 5.91 Å². The number of fused-ring (bicyclic) bond motifs is 1. The maximum Gasteiger partial charge on any atom is 0.280 e. The number of hydrogen-bond donors (Lipinski definition) is 1. The van der Waals surface area contributed by atoms with E-state index in [1.54, 1.807) is 12.3 Å². The molecule has 0 atom stereocenters. The number of carbonyl (C=O) groups is 1. The Labute approximate surface area is 137 Å². The molecular formula is C14H11BrN4O2S. The molecule has 0 aromatic carbocycles. The minimum Gasteiger partial charge on any atom is -0.267 e. The minimum atomic E-state index is -0.428. The van der Waals surface area contributed by atoms with Gasteiger partial charge in [-0.2, -0.15) is 0 Å². The highest BCUT2D eigenvalue weighted by Crippen LogP contribution is 2.20. The highest BCUT2D eigenvalue weighted by molar-refractivity contribution is 9.10. The fraction of sp³-hybridized carbons (Fsp3) is 0.143. The molecule has 112 valence electrons. The summed E-state index contributed by atoms with van der Waals surface area (Å²) in [6.45, 7) is 2.02. The van der Waals surface area contributed by atoms with Crippen molar-refractivity contribution >= 4 is 43.4 Å². The Morgan fingerprint density at radius 3 is 2.95 bits per heavy atom. The molecule has 0 aliphatic carbocycles. The van der Waals surface area contributed by atoms with Crippen LogP contribution in [0.5, 0.6) is 0 Å². The Morgan fingerprint density at radius 1 is 1.41 bits per heavy atom. The molecule has 0 spiro atoms. The van der Waals surface area contributed by atoms with Crippen molar-refractivity contribution in [3.8, 4) is 0 Å². The van der Waals surface area contributed by atoms with Crippen molar-refractivity contribution in [2.24, 2.45) is 0 Å². The number of pyridine rings is 1. The molecule has 0 saturated carbocycles. The van der Waals surface area contributed by atoms with Crippen molar-refractivity contribution in [1.29, 1.82) is 0 Å². The van der Waals surface area contributed by atoms with Gasteiger partial charge in [0.05, 0.1) is 10.9 Å². The summed E-state index contributed by atoms with van der Waals surface area (Å²) >= 11 is 4.74. The molecule has 3 heterocycles. The van der Waals surface area contributed by atoms with Crippen LogP contribution in [0.25, 0.3) is 10.2 Å². The van der Waals surface area contributed by atoms with E-state index in [-0.39, 0.29) is 5.56 Å².